The lowest BCUT2D eigenvalue weighted by atomic mass is 10.2. The van der Waals surface area contributed by atoms with E-state index in [0.717, 1.165) is 16.9 Å². The fourth-order valence-corrected chi connectivity index (χ4v) is 2.22. The van der Waals surface area contributed by atoms with Gasteiger partial charge < -0.3 is 9.26 Å². The normalized spacial score (nSPS) is 10.5. The topological polar surface area (TPSA) is 48.2 Å². The fraction of sp³-hybridized carbons (Fsp3) is 0.0769. The third-order valence-electron chi connectivity index (χ3n) is 2.54. The van der Waals surface area contributed by atoms with Gasteiger partial charge >= 0.3 is 0 Å². The molecule has 0 amide bonds. The number of rotatable bonds is 3. The van der Waals surface area contributed by atoms with E-state index >= 15 is 0 Å². The summed E-state index contributed by atoms with van der Waals surface area (Å²) < 4.78 is 10.4. The zero-order valence-electron chi connectivity index (χ0n) is 9.66. The number of hydrogen-bond acceptors (Lipinski definition) is 5. The van der Waals surface area contributed by atoms with Gasteiger partial charge in [0.1, 0.15) is 5.75 Å². The van der Waals surface area contributed by atoms with E-state index in [-0.39, 0.29) is 0 Å². The van der Waals surface area contributed by atoms with E-state index in [4.69, 9.17) is 9.26 Å². The summed E-state index contributed by atoms with van der Waals surface area (Å²) in [5, 5.41) is 7.94. The van der Waals surface area contributed by atoms with Crippen LogP contribution in [0.25, 0.3) is 22.8 Å². The second-order valence-corrected chi connectivity index (χ2v) is 4.44. The van der Waals surface area contributed by atoms with Crippen molar-refractivity contribution in [3.63, 3.8) is 0 Å². The molecule has 0 fully saturated rings. The van der Waals surface area contributed by atoms with Crippen molar-refractivity contribution in [3.8, 4) is 28.6 Å². The summed E-state index contributed by atoms with van der Waals surface area (Å²) in [5.41, 5.74) is 1.85. The summed E-state index contributed by atoms with van der Waals surface area (Å²) in [4.78, 5) is 4.37. The summed E-state index contributed by atoms with van der Waals surface area (Å²) in [7, 11) is 1.64. The molecule has 0 saturated carbocycles. The molecule has 0 spiro atoms. The second kappa shape index (κ2) is 4.62. The number of nitrogens with zero attached hydrogens (tertiary/aromatic N) is 2. The molecule has 0 aliphatic heterocycles. The van der Waals surface area contributed by atoms with Crippen molar-refractivity contribution < 1.29 is 9.26 Å². The first kappa shape index (κ1) is 11.0. The molecule has 0 atom stereocenters. The molecule has 0 saturated heterocycles. The van der Waals surface area contributed by atoms with Crippen molar-refractivity contribution >= 4 is 11.3 Å². The highest BCUT2D eigenvalue weighted by atomic mass is 32.1. The maximum absolute atomic E-state index is 5.25. The van der Waals surface area contributed by atoms with Gasteiger partial charge in [0.15, 0.2) is 0 Å². The third kappa shape index (κ3) is 2.00. The molecule has 0 N–H and O–H groups in total. The number of aromatic nitrogens is 2. The summed E-state index contributed by atoms with van der Waals surface area (Å²) in [6, 6.07) is 9.48. The van der Waals surface area contributed by atoms with Gasteiger partial charge in [-0.05, 0) is 35.7 Å². The van der Waals surface area contributed by atoms with Crippen molar-refractivity contribution in [2.24, 2.45) is 0 Å². The number of benzene rings is 1. The Morgan fingerprint density at radius 2 is 1.94 bits per heavy atom. The number of thiophene rings is 1. The Morgan fingerprint density at radius 1 is 1.11 bits per heavy atom. The van der Waals surface area contributed by atoms with Gasteiger partial charge in [0.25, 0.3) is 5.89 Å². The Hall–Kier alpha value is -2.14. The van der Waals surface area contributed by atoms with E-state index < -0.39 is 0 Å². The number of methoxy groups -OCH3 is 1. The van der Waals surface area contributed by atoms with Gasteiger partial charge in [-0.25, -0.2) is 0 Å². The van der Waals surface area contributed by atoms with E-state index in [9.17, 15) is 0 Å². The lowest BCUT2D eigenvalue weighted by molar-refractivity contribution is 0.414. The molecule has 0 bridgehead atoms. The highest BCUT2D eigenvalue weighted by molar-refractivity contribution is 7.08. The predicted molar refractivity (Wildman–Crippen MR) is 69.6 cm³/mol. The molecule has 5 heteroatoms. The zero-order valence-corrected chi connectivity index (χ0v) is 10.5. The largest absolute Gasteiger partial charge is 0.497 e. The molecule has 0 unspecified atom stereocenters. The maximum Gasteiger partial charge on any atom is 0.258 e. The van der Waals surface area contributed by atoms with Gasteiger partial charge in [-0.3, -0.25) is 0 Å². The van der Waals surface area contributed by atoms with Crippen LogP contribution in [0, 0.1) is 0 Å². The minimum atomic E-state index is 0.513. The number of hydrogen-bond donors (Lipinski definition) is 0. The third-order valence-corrected chi connectivity index (χ3v) is 3.23. The molecule has 90 valence electrons. The van der Waals surface area contributed by atoms with E-state index in [1.54, 1.807) is 18.4 Å². The first-order chi connectivity index (χ1) is 8.86. The molecule has 4 nitrogen and oxygen atoms in total. The Balaban J connectivity index is 1.92. The first-order valence-electron chi connectivity index (χ1n) is 5.37. The van der Waals surface area contributed by atoms with Gasteiger partial charge in [0.2, 0.25) is 5.82 Å². The van der Waals surface area contributed by atoms with Crippen molar-refractivity contribution in [2.45, 2.75) is 0 Å². The van der Waals surface area contributed by atoms with Crippen LogP contribution in [0.5, 0.6) is 5.75 Å². The van der Waals surface area contributed by atoms with Crippen LogP contribution < -0.4 is 4.74 Å². The van der Waals surface area contributed by atoms with Crippen LogP contribution in [0.2, 0.25) is 0 Å². The van der Waals surface area contributed by atoms with Crippen LogP contribution in [0.4, 0.5) is 0 Å². The Labute approximate surface area is 108 Å². The molecule has 0 radical (unpaired) electrons. The first-order valence-corrected chi connectivity index (χ1v) is 6.32. The van der Waals surface area contributed by atoms with Gasteiger partial charge in [0, 0.05) is 16.5 Å². The molecule has 3 rings (SSSR count). The van der Waals surface area contributed by atoms with Crippen LogP contribution in [0.15, 0.2) is 45.6 Å². The van der Waals surface area contributed by atoms with E-state index in [1.165, 1.54) is 0 Å². The standard InChI is InChI=1S/C13H10N2O2S/c1-16-11-4-2-9(3-5-11)13-14-12(15-17-13)10-6-7-18-8-10/h2-8H,1H3. The molecular weight excluding hydrogens is 248 g/mol. The van der Waals surface area contributed by atoms with Crippen LogP contribution >= 0.6 is 11.3 Å². The average molecular weight is 258 g/mol. The lowest BCUT2D eigenvalue weighted by Gasteiger charge is -1.98. The van der Waals surface area contributed by atoms with Gasteiger partial charge in [-0.15, -0.1) is 0 Å². The van der Waals surface area contributed by atoms with Gasteiger partial charge in [0.05, 0.1) is 7.11 Å². The van der Waals surface area contributed by atoms with Crippen molar-refractivity contribution in [3.05, 3.63) is 41.1 Å². The Bertz CT molecular complexity index is 629. The smallest absolute Gasteiger partial charge is 0.258 e. The van der Waals surface area contributed by atoms with Crippen LogP contribution in [-0.2, 0) is 0 Å². The molecule has 0 aliphatic carbocycles. The molecule has 2 aromatic heterocycles. The summed E-state index contributed by atoms with van der Waals surface area (Å²) in [6.07, 6.45) is 0. The summed E-state index contributed by atoms with van der Waals surface area (Å²) in [6.45, 7) is 0. The number of ether oxygens (including phenoxy) is 1. The Kier molecular flexibility index (Phi) is 2.82. The van der Waals surface area contributed by atoms with Crippen molar-refractivity contribution in [1.82, 2.24) is 10.1 Å². The fourth-order valence-electron chi connectivity index (χ4n) is 1.58. The van der Waals surface area contributed by atoms with Crippen LogP contribution in [0.1, 0.15) is 0 Å². The second-order valence-electron chi connectivity index (χ2n) is 3.66. The predicted octanol–water partition coefficient (Wildman–Crippen LogP) is 3.47. The SMILES string of the molecule is COc1ccc(-c2nc(-c3ccsc3)no2)cc1. The average Bonchev–Trinajstić information content (AvgIpc) is 3.09. The minimum Gasteiger partial charge on any atom is -0.497 e. The maximum atomic E-state index is 5.25. The van der Waals surface area contributed by atoms with Crippen molar-refractivity contribution in [1.29, 1.82) is 0 Å². The van der Waals surface area contributed by atoms with E-state index in [0.29, 0.717) is 11.7 Å². The molecule has 3 aromatic rings. The summed E-state index contributed by atoms with van der Waals surface area (Å²) in [5.74, 6) is 1.93. The highest BCUT2D eigenvalue weighted by Gasteiger charge is 2.10. The Morgan fingerprint density at radius 3 is 2.61 bits per heavy atom. The van der Waals surface area contributed by atoms with Crippen molar-refractivity contribution in [2.75, 3.05) is 7.11 Å². The molecular formula is C13H10N2O2S. The monoisotopic (exact) mass is 258 g/mol. The van der Waals surface area contributed by atoms with Crippen LogP contribution in [0.3, 0.4) is 0 Å². The molecule has 0 aliphatic rings. The van der Waals surface area contributed by atoms with Crippen LogP contribution in [-0.4, -0.2) is 17.3 Å². The van der Waals surface area contributed by atoms with E-state index in [2.05, 4.69) is 10.1 Å². The zero-order chi connectivity index (χ0) is 12.4. The minimum absolute atomic E-state index is 0.513. The van der Waals surface area contributed by atoms with Gasteiger partial charge in [-0.2, -0.15) is 16.3 Å². The van der Waals surface area contributed by atoms with E-state index in [1.807, 2.05) is 41.1 Å². The highest BCUT2D eigenvalue weighted by Crippen LogP contribution is 2.24. The molecule has 2 heterocycles. The lowest BCUT2D eigenvalue weighted by Crippen LogP contribution is -1.83. The van der Waals surface area contributed by atoms with Gasteiger partial charge in [-0.1, -0.05) is 5.16 Å². The summed E-state index contributed by atoms with van der Waals surface area (Å²) >= 11 is 1.61. The quantitative estimate of drug-likeness (QED) is 0.721. The molecule has 1 aromatic carbocycles. The molecule has 18 heavy (non-hydrogen) atoms.